The van der Waals surface area contributed by atoms with E-state index in [4.69, 9.17) is 0 Å². The highest BCUT2D eigenvalue weighted by Crippen LogP contribution is 2.40. The summed E-state index contributed by atoms with van der Waals surface area (Å²) in [6.07, 6.45) is 12.5. The van der Waals surface area contributed by atoms with Gasteiger partial charge in [-0.25, -0.2) is 10.9 Å². The zero-order valence-corrected chi connectivity index (χ0v) is 12.2. The molecule has 2 amide bonds. The first kappa shape index (κ1) is 13.4. The van der Waals surface area contributed by atoms with Crippen LogP contribution in [0.1, 0.15) is 25.7 Å². The molecule has 2 N–H and O–H groups in total. The lowest BCUT2D eigenvalue weighted by Gasteiger charge is -2.32. The Hall–Kier alpha value is -2.24. The molecule has 0 aromatic carbocycles. The molecule has 0 bridgehead atoms. The first-order chi connectivity index (χ1) is 10.7. The summed E-state index contributed by atoms with van der Waals surface area (Å²) in [7, 11) is 0. The molecule has 2 saturated carbocycles. The second kappa shape index (κ2) is 5.19. The first-order valence-corrected chi connectivity index (χ1v) is 7.79. The Labute approximate surface area is 128 Å². The number of rotatable bonds is 2. The quantitative estimate of drug-likeness (QED) is 0.455. The zero-order chi connectivity index (χ0) is 15.1. The van der Waals surface area contributed by atoms with Crippen LogP contribution in [0.15, 0.2) is 34.5 Å². The molecule has 4 aliphatic rings. The van der Waals surface area contributed by atoms with Gasteiger partial charge in [0.05, 0.1) is 0 Å². The number of hydrazone groups is 2. The van der Waals surface area contributed by atoms with Crippen molar-refractivity contribution in [3.05, 3.63) is 24.3 Å². The molecule has 2 fully saturated rings. The molecule has 6 nitrogen and oxygen atoms in total. The molecular weight excluding hydrogens is 280 g/mol. The van der Waals surface area contributed by atoms with Gasteiger partial charge in [0.2, 0.25) is 0 Å². The smallest absolute Gasteiger partial charge is 0.262 e. The number of nitrogens with zero attached hydrogens (tertiary/aromatic N) is 2. The van der Waals surface area contributed by atoms with E-state index in [1.807, 2.05) is 0 Å². The van der Waals surface area contributed by atoms with Crippen LogP contribution in [0.4, 0.5) is 0 Å². The van der Waals surface area contributed by atoms with E-state index in [2.05, 4.69) is 45.4 Å². The van der Waals surface area contributed by atoms with Crippen molar-refractivity contribution < 1.29 is 9.59 Å². The Kier molecular flexibility index (Phi) is 3.17. The highest BCUT2D eigenvalue weighted by molar-refractivity contribution is 6.35. The summed E-state index contributed by atoms with van der Waals surface area (Å²) in [4.78, 5) is 23.4. The van der Waals surface area contributed by atoms with E-state index < -0.39 is 11.8 Å². The molecule has 0 radical (unpaired) electrons. The van der Waals surface area contributed by atoms with E-state index in [0.29, 0.717) is 23.7 Å². The van der Waals surface area contributed by atoms with Gasteiger partial charge in [-0.15, -0.1) is 0 Å². The molecule has 0 spiro atoms. The van der Waals surface area contributed by atoms with Crippen molar-refractivity contribution in [2.75, 3.05) is 0 Å². The maximum Gasteiger partial charge on any atom is 0.331 e. The third-order valence-electron chi connectivity index (χ3n) is 5.10. The second-order valence-corrected chi connectivity index (χ2v) is 6.40. The molecule has 0 aromatic heterocycles. The van der Waals surface area contributed by atoms with Gasteiger partial charge in [-0.1, -0.05) is 24.3 Å². The molecule has 6 heteroatoms. The third-order valence-corrected chi connectivity index (χ3v) is 5.10. The van der Waals surface area contributed by atoms with Gasteiger partial charge in [-0.3, -0.25) is 9.59 Å². The zero-order valence-electron chi connectivity index (χ0n) is 12.2. The number of fused-ring (bicyclic) bond motifs is 2. The fraction of sp³-hybridized carbons (Fsp3) is 0.500. The van der Waals surface area contributed by atoms with Gasteiger partial charge in [0.25, 0.3) is 0 Å². The Balaban J connectivity index is 1.27. The van der Waals surface area contributed by atoms with Crippen molar-refractivity contribution in [1.82, 2.24) is 10.9 Å². The van der Waals surface area contributed by atoms with E-state index in [1.54, 1.807) is 0 Å². The minimum atomic E-state index is -0.764. The van der Waals surface area contributed by atoms with Crippen molar-refractivity contribution in [1.29, 1.82) is 0 Å². The molecule has 4 atom stereocenters. The lowest BCUT2D eigenvalue weighted by Crippen LogP contribution is -2.41. The molecule has 4 rings (SSSR count). The number of nitrogens with one attached hydrogen (secondary N) is 2. The molecule has 22 heavy (non-hydrogen) atoms. The van der Waals surface area contributed by atoms with Crippen molar-refractivity contribution >= 4 is 23.2 Å². The van der Waals surface area contributed by atoms with Crippen LogP contribution in [0.25, 0.3) is 0 Å². The van der Waals surface area contributed by atoms with Crippen LogP contribution in [0.2, 0.25) is 0 Å². The minimum Gasteiger partial charge on any atom is -0.262 e. The molecule has 0 aromatic rings. The highest BCUT2D eigenvalue weighted by atomic mass is 16.2. The van der Waals surface area contributed by atoms with Gasteiger partial charge >= 0.3 is 11.8 Å². The van der Waals surface area contributed by atoms with Crippen molar-refractivity contribution in [3.63, 3.8) is 0 Å². The lowest BCUT2D eigenvalue weighted by molar-refractivity contribution is -0.139. The van der Waals surface area contributed by atoms with Crippen LogP contribution in [0.5, 0.6) is 0 Å². The van der Waals surface area contributed by atoms with Gasteiger partial charge in [-0.2, -0.15) is 10.2 Å². The molecular formula is C16H18N4O2. The van der Waals surface area contributed by atoms with Crippen LogP contribution in [0.3, 0.4) is 0 Å². The van der Waals surface area contributed by atoms with Gasteiger partial charge in [-0.05, 0) is 37.5 Å². The predicted octanol–water partition coefficient (Wildman–Crippen LogP) is 1.12. The molecule has 0 saturated heterocycles. The first-order valence-electron chi connectivity index (χ1n) is 7.79. The topological polar surface area (TPSA) is 82.9 Å². The van der Waals surface area contributed by atoms with Gasteiger partial charge in [0.1, 0.15) is 0 Å². The number of amides is 2. The molecule has 0 heterocycles. The summed E-state index contributed by atoms with van der Waals surface area (Å²) in [6, 6.07) is 0. The number of hydrogen-bond acceptors (Lipinski definition) is 4. The van der Waals surface area contributed by atoms with Crippen molar-refractivity contribution in [2.24, 2.45) is 33.9 Å². The van der Waals surface area contributed by atoms with Crippen LogP contribution < -0.4 is 10.9 Å². The van der Waals surface area contributed by atoms with E-state index in [0.717, 1.165) is 37.1 Å². The monoisotopic (exact) mass is 298 g/mol. The second-order valence-electron chi connectivity index (χ2n) is 6.40. The Morgan fingerprint density at radius 3 is 1.73 bits per heavy atom. The Bertz CT molecular complexity index is 591. The van der Waals surface area contributed by atoms with E-state index >= 15 is 0 Å². The van der Waals surface area contributed by atoms with Crippen LogP contribution in [-0.2, 0) is 9.59 Å². The van der Waals surface area contributed by atoms with Crippen molar-refractivity contribution in [2.45, 2.75) is 25.7 Å². The van der Waals surface area contributed by atoms with Crippen LogP contribution in [-0.4, -0.2) is 23.2 Å². The fourth-order valence-electron chi connectivity index (χ4n) is 3.67. The summed E-state index contributed by atoms with van der Waals surface area (Å²) in [6.45, 7) is 0. The van der Waals surface area contributed by atoms with Crippen molar-refractivity contribution in [3.8, 4) is 0 Å². The molecule has 114 valence electrons. The van der Waals surface area contributed by atoms with E-state index in [-0.39, 0.29) is 0 Å². The summed E-state index contributed by atoms with van der Waals surface area (Å²) in [5.74, 6) is 0.457. The van der Waals surface area contributed by atoms with Gasteiger partial charge in [0, 0.05) is 23.3 Å². The summed E-state index contributed by atoms with van der Waals surface area (Å²) in [5, 5.41) is 8.11. The maximum absolute atomic E-state index is 11.7. The number of carbonyl (C=O) groups excluding carboxylic acids is 2. The average molecular weight is 298 g/mol. The third kappa shape index (κ3) is 2.19. The summed E-state index contributed by atoms with van der Waals surface area (Å²) in [5.41, 5.74) is 6.54. The Morgan fingerprint density at radius 2 is 1.32 bits per heavy atom. The minimum absolute atomic E-state index is 0.352. The highest BCUT2D eigenvalue weighted by Gasteiger charge is 2.39. The maximum atomic E-state index is 11.7. The normalized spacial score (nSPS) is 37.5. The van der Waals surface area contributed by atoms with Gasteiger partial charge in [0.15, 0.2) is 0 Å². The summed E-state index contributed by atoms with van der Waals surface area (Å²) >= 11 is 0. The standard InChI is InChI=1S/C16H18N4O2/c21-15(19-17-13-7-9-3-1-5-11(9)13)16(22)20-18-14-8-10-4-2-6-12(10)14/h1-2,5-6,9-12H,3-4,7-8H2,(H,19,21)(H,20,22). The SMILES string of the molecule is O=C(NN=C1CC2CC=CC12)C(=O)NN=C1CC2CC=CC12. The number of carbonyl (C=O) groups is 2. The Morgan fingerprint density at radius 1 is 0.864 bits per heavy atom. The number of hydrogen-bond donors (Lipinski definition) is 2. The average Bonchev–Trinajstić information content (AvgIpc) is 3.03. The summed E-state index contributed by atoms with van der Waals surface area (Å²) < 4.78 is 0. The van der Waals surface area contributed by atoms with E-state index in [9.17, 15) is 9.59 Å². The molecule has 0 aliphatic heterocycles. The van der Waals surface area contributed by atoms with Gasteiger partial charge < -0.3 is 0 Å². The largest absolute Gasteiger partial charge is 0.331 e. The fourth-order valence-corrected chi connectivity index (χ4v) is 3.67. The predicted molar refractivity (Wildman–Crippen MR) is 81.9 cm³/mol. The van der Waals surface area contributed by atoms with E-state index in [1.165, 1.54) is 0 Å². The molecule has 4 unspecified atom stereocenters. The van der Waals surface area contributed by atoms with Crippen LogP contribution >= 0.6 is 0 Å². The lowest BCUT2D eigenvalue weighted by atomic mass is 9.74. The molecule has 4 aliphatic carbocycles. The van der Waals surface area contributed by atoms with Crippen LogP contribution in [0, 0.1) is 23.7 Å². The number of allylic oxidation sites excluding steroid dienone is 4.